The van der Waals surface area contributed by atoms with Crippen LogP contribution in [0.15, 0.2) is 218 Å². The lowest BCUT2D eigenvalue weighted by molar-refractivity contribution is -0.0699. The van der Waals surface area contributed by atoms with Crippen LogP contribution in [-0.2, 0) is 17.6 Å². The van der Waals surface area contributed by atoms with Gasteiger partial charge in [-0.25, -0.2) is 4.79 Å². The molecule has 9 aromatic carbocycles. The zero-order valence-corrected chi connectivity index (χ0v) is 45.7. The van der Waals surface area contributed by atoms with E-state index >= 15 is 0 Å². The summed E-state index contributed by atoms with van der Waals surface area (Å²) in [6.07, 6.45) is -5.28. The van der Waals surface area contributed by atoms with Crippen LogP contribution in [0.4, 0.5) is 0 Å². The molecule has 4 aliphatic heterocycles. The van der Waals surface area contributed by atoms with E-state index in [0.717, 1.165) is 51.4 Å². The number of phenols is 3. The van der Waals surface area contributed by atoms with Crippen molar-refractivity contribution in [2.75, 3.05) is 0 Å². The van der Waals surface area contributed by atoms with Crippen molar-refractivity contribution in [2.45, 2.75) is 67.8 Å². The van der Waals surface area contributed by atoms with Gasteiger partial charge in [0.05, 0.1) is 17.2 Å². The molecule has 0 aliphatic carbocycles. The average molecular weight is 1160 g/mol. The van der Waals surface area contributed by atoms with E-state index in [4.69, 9.17) is 46.9 Å². The first-order valence-electron chi connectivity index (χ1n) is 26.5. The van der Waals surface area contributed by atoms with E-state index in [1.807, 2.05) is 121 Å². The molecule has 16 heteroatoms. The molecule has 9 aromatic rings. The van der Waals surface area contributed by atoms with E-state index in [1.54, 1.807) is 84.9 Å². The number of ketones is 1. The predicted octanol–water partition coefficient (Wildman–Crippen LogP) is 12.3. The molecule has 9 atom stereocenters. The first kappa shape index (κ1) is 57.4. The zero-order valence-electron chi connectivity index (χ0n) is 44.1. The van der Waals surface area contributed by atoms with Crippen molar-refractivity contribution in [1.82, 2.24) is 0 Å². The summed E-state index contributed by atoms with van der Waals surface area (Å²) in [5.74, 6) is -0.253. The Kier molecular flexibility index (Phi) is 17.9. The standard InChI is InChI=1S/C22H18O6.C15H13ClO3.C15H11ClO3.C15H14O2/c23-16-10-15(11-17(24)20(16)25)22(26)28-19-12-14-8-4-5-9-18(14)27-21(19)13-6-2-1-3-7-13;2*16-10-5-3-4-9(8-10)15-14(18)13(17)11-6-1-2-7-12(11)19-15;16-13-10-12-8-4-5-9-14(12)17-15(13)11-6-2-1-3-7-11/h1-11,19,21,23-25H,12H2;1-8,13-15,17-18H;1-8,14-15,18H;1-9,13,15-16H,10H2/t19?,21-;13-,14-,15+;14?,15-;13-,15+/m1010/s1. The van der Waals surface area contributed by atoms with Gasteiger partial charge < -0.3 is 59.4 Å². The van der Waals surface area contributed by atoms with Crippen LogP contribution in [0, 0.1) is 0 Å². The molecule has 0 spiro atoms. The molecular formula is C67H56Cl2O14. The third kappa shape index (κ3) is 13.3. The highest BCUT2D eigenvalue weighted by atomic mass is 35.5. The van der Waals surface area contributed by atoms with Crippen LogP contribution in [0.2, 0.25) is 10.0 Å². The van der Waals surface area contributed by atoms with E-state index in [-0.39, 0.29) is 17.5 Å². The summed E-state index contributed by atoms with van der Waals surface area (Å²) >= 11 is 11.9. The summed E-state index contributed by atoms with van der Waals surface area (Å²) in [4.78, 5) is 24.8. The van der Waals surface area contributed by atoms with E-state index < -0.39 is 72.0 Å². The lowest BCUT2D eigenvalue weighted by atomic mass is 9.92. The van der Waals surface area contributed by atoms with Crippen molar-refractivity contribution < 1.29 is 69.0 Å². The number of aromatic hydroxyl groups is 3. The van der Waals surface area contributed by atoms with Gasteiger partial charge in [0.25, 0.3) is 0 Å². The first-order chi connectivity index (χ1) is 40.2. The van der Waals surface area contributed by atoms with Gasteiger partial charge in [-0.3, -0.25) is 4.79 Å². The number of aliphatic hydroxyl groups is 4. The molecule has 0 saturated carbocycles. The van der Waals surface area contributed by atoms with E-state index in [2.05, 4.69) is 0 Å². The summed E-state index contributed by atoms with van der Waals surface area (Å²) < 4.78 is 29.2. The number of halogens is 2. The number of Topliss-reactive ketones (excluding diaryl/α,β-unsaturated/α-hetero) is 1. The maximum atomic E-state index is 12.6. The van der Waals surface area contributed by atoms with Gasteiger partial charge >= 0.3 is 5.97 Å². The highest BCUT2D eigenvalue weighted by molar-refractivity contribution is 6.31. The first-order valence-corrected chi connectivity index (χ1v) is 27.3. The zero-order chi connectivity index (χ0) is 58.1. The minimum atomic E-state index is -1.21. The largest absolute Gasteiger partial charge is 0.504 e. The number of esters is 1. The fraction of sp³-hybridized carbons (Fsp3) is 0.164. The van der Waals surface area contributed by atoms with Crippen LogP contribution < -0.4 is 18.9 Å². The second kappa shape index (κ2) is 25.9. The van der Waals surface area contributed by atoms with Crippen molar-refractivity contribution in [3.8, 4) is 40.2 Å². The van der Waals surface area contributed by atoms with Gasteiger partial charge in [0.2, 0.25) is 0 Å². The third-order valence-corrected chi connectivity index (χ3v) is 14.7. The predicted molar refractivity (Wildman–Crippen MR) is 310 cm³/mol. The van der Waals surface area contributed by atoms with Crippen LogP contribution >= 0.6 is 23.2 Å². The number of fused-ring (bicyclic) bond motifs is 4. The molecule has 2 unspecified atom stereocenters. The molecule has 0 amide bonds. The van der Waals surface area contributed by atoms with E-state index in [0.29, 0.717) is 51.1 Å². The molecular weight excluding hydrogens is 1100 g/mol. The van der Waals surface area contributed by atoms with Gasteiger partial charge in [-0.2, -0.15) is 0 Å². The molecule has 83 heavy (non-hydrogen) atoms. The second-order valence-corrected chi connectivity index (χ2v) is 20.7. The van der Waals surface area contributed by atoms with E-state index in [9.17, 15) is 45.3 Å². The monoisotopic (exact) mass is 1150 g/mol. The molecule has 0 bridgehead atoms. The average Bonchev–Trinajstić information content (AvgIpc) is 3.67. The van der Waals surface area contributed by atoms with Crippen molar-refractivity contribution in [3.05, 3.63) is 279 Å². The lowest BCUT2D eigenvalue weighted by Gasteiger charge is -2.34. The minimum Gasteiger partial charge on any atom is -0.504 e. The molecule has 0 radical (unpaired) electrons. The summed E-state index contributed by atoms with van der Waals surface area (Å²) in [7, 11) is 0. The van der Waals surface area contributed by atoms with Gasteiger partial charge in [0.15, 0.2) is 47.4 Å². The lowest BCUT2D eigenvalue weighted by Crippen LogP contribution is -2.36. The summed E-state index contributed by atoms with van der Waals surface area (Å²) in [6.45, 7) is 0. The molecule has 4 heterocycles. The van der Waals surface area contributed by atoms with Gasteiger partial charge in [-0.15, -0.1) is 0 Å². The maximum absolute atomic E-state index is 12.6. The summed E-state index contributed by atoms with van der Waals surface area (Å²) in [5.41, 5.74) is 6.26. The van der Waals surface area contributed by atoms with Crippen LogP contribution in [0.25, 0.3) is 0 Å². The number of hydrogen-bond donors (Lipinski definition) is 7. The van der Waals surface area contributed by atoms with Crippen molar-refractivity contribution in [1.29, 1.82) is 0 Å². The van der Waals surface area contributed by atoms with Crippen molar-refractivity contribution in [3.63, 3.8) is 0 Å². The highest BCUT2D eigenvalue weighted by Gasteiger charge is 2.39. The Bertz CT molecular complexity index is 3690. The highest BCUT2D eigenvalue weighted by Crippen LogP contribution is 2.43. The molecule has 14 nitrogen and oxygen atoms in total. The van der Waals surface area contributed by atoms with Crippen molar-refractivity contribution in [2.24, 2.45) is 0 Å². The third-order valence-electron chi connectivity index (χ3n) is 14.3. The number of benzene rings is 9. The van der Waals surface area contributed by atoms with Gasteiger partial charge in [0.1, 0.15) is 47.4 Å². The van der Waals surface area contributed by atoms with Crippen molar-refractivity contribution >= 4 is 35.0 Å². The number of hydrogen-bond acceptors (Lipinski definition) is 14. The number of para-hydroxylation sites is 4. The number of aliphatic hydroxyl groups excluding tert-OH is 4. The quantitative estimate of drug-likeness (QED) is 0.0608. The Morgan fingerprint density at radius 3 is 1.51 bits per heavy atom. The Hall–Kier alpha value is -8.86. The number of ether oxygens (including phenoxy) is 5. The molecule has 0 fully saturated rings. The maximum Gasteiger partial charge on any atom is 0.338 e. The fourth-order valence-corrected chi connectivity index (χ4v) is 10.5. The molecule has 422 valence electrons. The Balaban J connectivity index is 0.000000126. The number of carbonyl (C=O) groups is 2. The van der Waals surface area contributed by atoms with Crippen LogP contribution in [-0.4, -0.2) is 71.9 Å². The summed E-state index contributed by atoms with van der Waals surface area (Å²) in [6, 6.07) is 65.0. The number of phenolic OH excluding ortho intramolecular Hbond substituents is 3. The Morgan fingerprint density at radius 1 is 0.446 bits per heavy atom. The minimum absolute atomic E-state index is 0.0709. The van der Waals surface area contributed by atoms with Gasteiger partial charge in [-0.05, 0) is 100 Å². The summed E-state index contributed by atoms with van der Waals surface area (Å²) in [5, 5.41) is 70.5. The topological polar surface area (TPSA) is 222 Å². The SMILES string of the molecule is O=C(OC1Cc2ccccc2O[C@@H]1c1ccccc1)c1cc(O)c(O)c(O)c1.O=C1c2ccccc2O[C@H](c2cccc(Cl)c2)C1O.O[C@@H]1[C@@H](c2cccc(Cl)c2)Oc2ccccc2[C@@H]1O.O[C@H]1Cc2ccccc2O[C@@H]1c1ccccc1. The second-order valence-electron chi connectivity index (χ2n) is 19.9. The normalized spacial score (nSPS) is 21.5. The van der Waals surface area contributed by atoms with Crippen LogP contribution in [0.3, 0.4) is 0 Å². The smallest absolute Gasteiger partial charge is 0.338 e. The molecule has 0 saturated heterocycles. The Morgan fingerprint density at radius 2 is 0.904 bits per heavy atom. The van der Waals surface area contributed by atoms with Gasteiger partial charge in [-0.1, -0.05) is 175 Å². The Labute approximate surface area is 488 Å². The van der Waals surface area contributed by atoms with E-state index in [1.165, 1.54) is 0 Å². The fourth-order valence-electron chi connectivity index (χ4n) is 10.1. The number of rotatable bonds is 6. The van der Waals surface area contributed by atoms with Crippen LogP contribution in [0.5, 0.6) is 40.2 Å². The molecule has 0 aromatic heterocycles. The number of carbonyl (C=O) groups excluding carboxylic acids is 2. The molecule has 13 rings (SSSR count). The molecule has 7 N–H and O–H groups in total. The van der Waals surface area contributed by atoms with Gasteiger partial charge in [0, 0.05) is 28.5 Å². The molecule has 4 aliphatic rings. The van der Waals surface area contributed by atoms with Crippen LogP contribution in [0.1, 0.15) is 90.2 Å².